The predicted molar refractivity (Wildman–Crippen MR) is 57.5 cm³/mol. The summed E-state index contributed by atoms with van der Waals surface area (Å²) in [7, 11) is 0. The van der Waals surface area contributed by atoms with Gasteiger partial charge in [-0.25, -0.2) is 4.79 Å². The predicted octanol–water partition coefficient (Wildman–Crippen LogP) is 1.29. The quantitative estimate of drug-likeness (QED) is 0.567. The smallest absolute Gasteiger partial charge is 0.430 e. The normalized spacial score (nSPS) is 15.5. The number of aldehydes is 1. The van der Waals surface area contributed by atoms with Gasteiger partial charge in [0.2, 0.25) is 0 Å². The van der Waals surface area contributed by atoms with Crippen LogP contribution in [-0.4, -0.2) is 36.8 Å². The van der Waals surface area contributed by atoms with E-state index in [0.717, 1.165) is 11.8 Å². The maximum absolute atomic E-state index is 11.0. The monoisotopic (exact) mass is 218 g/mol. The van der Waals surface area contributed by atoms with E-state index in [2.05, 4.69) is 5.10 Å². The van der Waals surface area contributed by atoms with Gasteiger partial charge < -0.3 is 4.74 Å². The van der Waals surface area contributed by atoms with E-state index < -0.39 is 6.09 Å². The molecule has 2 rings (SSSR count). The standard InChI is InChI=1S/C11H10N2O3/c14-8-10-3-1-9(2-4-10)7-12-13-5-6-16-11(13)15/h1-4,7-8H,5-6H2/b12-7+. The second-order valence-electron chi connectivity index (χ2n) is 3.27. The Bertz CT molecular complexity index is 425. The number of carbonyl (C=O) groups excluding carboxylic acids is 2. The largest absolute Gasteiger partial charge is 0.446 e. The zero-order valence-electron chi connectivity index (χ0n) is 8.50. The number of nitrogens with zero attached hydrogens (tertiary/aromatic N) is 2. The Balaban J connectivity index is 2.05. The molecule has 1 heterocycles. The van der Waals surface area contributed by atoms with Crippen LogP contribution in [0.25, 0.3) is 0 Å². The van der Waals surface area contributed by atoms with Gasteiger partial charge in [-0.05, 0) is 5.56 Å². The zero-order chi connectivity index (χ0) is 11.4. The van der Waals surface area contributed by atoms with Crippen molar-refractivity contribution in [2.24, 2.45) is 5.10 Å². The molecule has 1 aromatic carbocycles. The van der Waals surface area contributed by atoms with Crippen LogP contribution in [0.4, 0.5) is 4.79 Å². The Labute approximate surface area is 92.3 Å². The summed E-state index contributed by atoms with van der Waals surface area (Å²) >= 11 is 0. The molecule has 16 heavy (non-hydrogen) atoms. The summed E-state index contributed by atoms with van der Waals surface area (Å²) < 4.78 is 4.72. The third-order valence-electron chi connectivity index (χ3n) is 2.16. The molecule has 0 atom stereocenters. The Kier molecular flexibility index (Phi) is 2.95. The van der Waals surface area contributed by atoms with Crippen LogP contribution in [0.2, 0.25) is 0 Å². The number of carbonyl (C=O) groups is 2. The number of hydrazone groups is 1. The lowest BCUT2D eigenvalue weighted by Crippen LogP contribution is -2.17. The lowest BCUT2D eigenvalue weighted by molar-refractivity contribution is 0.112. The van der Waals surface area contributed by atoms with Crippen LogP contribution in [0.1, 0.15) is 15.9 Å². The zero-order valence-corrected chi connectivity index (χ0v) is 8.50. The fourth-order valence-corrected chi connectivity index (χ4v) is 1.29. The molecule has 0 unspecified atom stereocenters. The summed E-state index contributed by atoms with van der Waals surface area (Å²) in [6.07, 6.45) is 1.90. The number of hydrogen-bond acceptors (Lipinski definition) is 4. The lowest BCUT2D eigenvalue weighted by Gasteiger charge is -2.03. The van der Waals surface area contributed by atoms with Gasteiger partial charge in [0.15, 0.2) is 0 Å². The molecular formula is C11H10N2O3. The van der Waals surface area contributed by atoms with Crippen LogP contribution in [0, 0.1) is 0 Å². The molecule has 0 N–H and O–H groups in total. The number of hydrogen-bond donors (Lipinski definition) is 0. The average Bonchev–Trinajstić information content (AvgIpc) is 2.73. The van der Waals surface area contributed by atoms with E-state index in [1.807, 2.05) is 0 Å². The SMILES string of the molecule is O=Cc1ccc(/C=N/N2CCOC2=O)cc1. The molecule has 0 radical (unpaired) electrons. The number of ether oxygens (including phenoxy) is 1. The number of cyclic esters (lactones) is 1. The van der Waals surface area contributed by atoms with Gasteiger partial charge in [0, 0.05) is 5.56 Å². The summed E-state index contributed by atoms with van der Waals surface area (Å²) in [5.74, 6) is 0. The fraction of sp³-hybridized carbons (Fsp3) is 0.182. The first-order valence-corrected chi connectivity index (χ1v) is 4.83. The summed E-state index contributed by atoms with van der Waals surface area (Å²) in [6, 6.07) is 6.90. The maximum atomic E-state index is 11.0. The summed E-state index contributed by atoms with van der Waals surface area (Å²) in [6.45, 7) is 0.849. The van der Waals surface area contributed by atoms with Crippen molar-refractivity contribution >= 4 is 18.6 Å². The highest BCUT2D eigenvalue weighted by Crippen LogP contribution is 2.04. The molecule has 5 nitrogen and oxygen atoms in total. The summed E-state index contributed by atoms with van der Waals surface area (Å²) in [5, 5.41) is 5.23. The van der Waals surface area contributed by atoms with Crippen molar-refractivity contribution in [3.05, 3.63) is 35.4 Å². The van der Waals surface area contributed by atoms with Crippen molar-refractivity contribution < 1.29 is 14.3 Å². The van der Waals surface area contributed by atoms with Gasteiger partial charge >= 0.3 is 6.09 Å². The first kappa shape index (κ1) is 10.4. The molecule has 82 valence electrons. The van der Waals surface area contributed by atoms with E-state index in [0.29, 0.717) is 18.7 Å². The highest BCUT2D eigenvalue weighted by atomic mass is 16.6. The Morgan fingerprint density at radius 1 is 1.25 bits per heavy atom. The van der Waals surface area contributed by atoms with Crippen molar-refractivity contribution in [2.75, 3.05) is 13.2 Å². The molecule has 1 saturated heterocycles. The molecule has 5 heteroatoms. The molecule has 1 aliphatic rings. The van der Waals surface area contributed by atoms with Gasteiger partial charge in [-0.1, -0.05) is 24.3 Å². The van der Waals surface area contributed by atoms with Crippen molar-refractivity contribution in [3.8, 4) is 0 Å². The van der Waals surface area contributed by atoms with E-state index in [1.54, 1.807) is 30.5 Å². The number of amides is 1. The second-order valence-corrected chi connectivity index (χ2v) is 3.27. The van der Waals surface area contributed by atoms with E-state index in [9.17, 15) is 9.59 Å². The summed E-state index contributed by atoms with van der Waals surface area (Å²) in [4.78, 5) is 21.5. The van der Waals surface area contributed by atoms with Crippen LogP contribution in [0.15, 0.2) is 29.4 Å². The highest BCUT2D eigenvalue weighted by Gasteiger charge is 2.20. The van der Waals surface area contributed by atoms with Gasteiger partial charge in [-0.3, -0.25) is 4.79 Å². The van der Waals surface area contributed by atoms with Crippen LogP contribution in [0.5, 0.6) is 0 Å². The van der Waals surface area contributed by atoms with Gasteiger partial charge in [-0.15, -0.1) is 0 Å². The number of benzene rings is 1. The third kappa shape index (κ3) is 2.25. The molecule has 0 bridgehead atoms. The first-order valence-electron chi connectivity index (χ1n) is 4.83. The van der Waals surface area contributed by atoms with Crippen molar-refractivity contribution in [3.63, 3.8) is 0 Å². The Morgan fingerprint density at radius 2 is 1.94 bits per heavy atom. The van der Waals surface area contributed by atoms with Crippen LogP contribution >= 0.6 is 0 Å². The van der Waals surface area contributed by atoms with Crippen molar-refractivity contribution in [1.82, 2.24) is 5.01 Å². The van der Waals surface area contributed by atoms with Gasteiger partial charge in [-0.2, -0.15) is 10.1 Å². The van der Waals surface area contributed by atoms with Gasteiger partial charge in [0.1, 0.15) is 12.9 Å². The van der Waals surface area contributed by atoms with E-state index in [-0.39, 0.29) is 0 Å². The molecule has 0 saturated carbocycles. The van der Waals surface area contributed by atoms with E-state index >= 15 is 0 Å². The van der Waals surface area contributed by atoms with Crippen molar-refractivity contribution in [2.45, 2.75) is 0 Å². The second kappa shape index (κ2) is 4.57. The highest BCUT2D eigenvalue weighted by molar-refractivity contribution is 5.83. The maximum Gasteiger partial charge on any atom is 0.430 e. The molecule has 0 aliphatic carbocycles. The lowest BCUT2D eigenvalue weighted by atomic mass is 10.2. The van der Waals surface area contributed by atoms with E-state index in [4.69, 9.17) is 4.74 Å². The Hall–Kier alpha value is -2.17. The van der Waals surface area contributed by atoms with Crippen LogP contribution in [0.3, 0.4) is 0 Å². The molecule has 1 amide bonds. The number of rotatable bonds is 3. The molecule has 1 aliphatic heterocycles. The van der Waals surface area contributed by atoms with Gasteiger partial charge in [0.25, 0.3) is 0 Å². The first-order chi connectivity index (χ1) is 7.79. The molecular weight excluding hydrogens is 208 g/mol. The molecule has 1 aromatic rings. The van der Waals surface area contributed by atoms with Gasteiger partial charge in [0.05, 0.1) is 12.8 Å². The van der Waals surface area contributed by atoms with Crippen LogP contribution in [-0.2, 0) is 4.74 Å². The summed E-state index contributed by atoms with van der Waals surface area (Å²) in [5.41, 5.74) is 1.43. The molecule has 0 spiro atoms. The fourth-order valence-electron chi connectivity index (χ4n) is 1.29. The molecule has 0 aromatic heterocycles. The minimum atomic E-state index is -0.430. The van der Waals surface area contributed by atoms with Crippen molar-refractivity contribution in [1.29, 1.82) is 0 Å². The Morgan fingerprint density at radius 3 is 2.50 bits per heavy atom. The van der Waals surface area contributed by atoms with Crippen LogP contribution < -0.4 is 0 Å². The average molecular weight is 218 g/mol. The molecule has 1 fully saturated rings. The van der Waals surface area contributed by atoms with E-state index in [1.165, 1.54) is 5.01 Å². The third-order valence-corrected chi connectivity index (χ3v) is 2.16. The minimum Gasteiger partial charge on any atom is -0.446 e. The topological polar surface area (TPSA) is 59.0 Å². The minimum absolute atomic E-state index is 0.375.